The van der Waals surface area contributed by atoms with E-state index in [9.17, 15) is 4.79 Å². The summed E-state index contributed by atoms with van der Waals surface area (Å²) in [7, 11) is 0. The maximum Gasteiger partial charge on any atom is 0.295 e. The molecule has 0 aliphatic rings. The van der Waals surface area contributed by atoms with Crippen molar-refractivity contribution in [3.63, 3.8) is 0 Å². The summed E-state index contributed by atoms with van der Waals surface area (Å²) >= 11 is 0. The summed E-state index contributed by atoms with van der Waals surface area (Å²) in [6.07, 6.45) is 0. The van der Waals surface area contributed by atoms with Crippen LogP contribution in [0.15, 0.2) is 0 Å². The SMILES string of the molecule is CC#CC(=O)NCCNCC. The van der Waals surface area contributed by atoms with Gasteiger partial charge in [-0.3, -0.25) is 4.79 Å². The molecule has 0 saturated carbocycles. The molecule has 1 amide bonds. The second-order valence-electron chi connectivity index (χ2n) is 1.98. The Labute approximate surface area is 67.6 Å². The smallest absolute Gasteiger partial charge is 0.295 e. The summed E-state index contributed by atoms with van der Waals surface area (Å²) in [4.78, 5) is 10.7. The van der Waals surface area contributed by atoms with Crippen molar-refractivity contribution < 1.29 is 4.79 Å². The number of carbonyl (C=O) groups is 1. The van der Waals surface area contributed by atoms with Gasteiger partial charge in [0, 0.05) is 13.1 Å². The first kappa shape index (κ1) is 9.99. The average Bonchev–Trinajstić information content (AvgIpc) is 1.99. The van der Waals surface area contributed by atoms with E-state index in [4.69, 9.17) is 0 Å². The lowest BCUT2D eigenvalue weighted by atomic mass is 10.5. The molecule has 0 aromatic rings. The van der Waals surface area contributed by atoms with Crippen LogP contribution in [0.2, 0.25) is 0 Å². The van der Waals surface area contributed by atoms with E-state index >= 15 is 0 Å². The van der Waals surface area contributed by atoms with Gasteiger partial charge in [-0.05, 0) is 19.4 Å². The fourth-order valence-electron chi connectivity index (χ4n) is 0.599. The van der Waals surface area contributed by atoms with Gasteiger partial charge in [0.15, 0.2) is 0 Å². The second-order valence-corrected chi connectivity index (χ2v) is 1.98. The zero-order valence-electron chi connectivity index (χ0n) is 7.03. The Balaban J connectivity index is 3.22. The molecule has 0 saturated heterocycles. The standard InChI is InChI=1S/C8H14N2O/c1-3-5-8(11)10-7-6-9-4-2/h9H,4,6-7H2,1-2H3,(H,10,11). The van der Waals surface area contributed by atoms with Crippen LogP contribution in [0.25, 0.3) is 0 Å². The molecule has 11 heavy (non-hydrogen) atoms. The summed E-state index contributed by atoms with van der Waals surface area (Å²) in [5.74, 6) is 4.72. The summed E-state index contributed by atoms with van der Waals surface area (Å²) < 4.78 is 0. The average molecular weight is 154 g/mol. The summed E-state index contributed by atoms with van der Waals surface area (Å²) in [6.45, 7) is 6.03. The van der Waals surface area contributed by atoms with Crippen LogP contribution in [0.4, 0.5) is 0 Å². The van der Waals surface area contributed by atoms with Crippen LogP contribution in [0.5, 0.6) is 0 Å². The Hall–Kier alpha value is -1.01. The molecule has 2 N–H and O–H groups in total. The Kier molecular flexibility index (Phi) is 6.45. The van der Waals surface area contributed by atoms with Gasteiger partial charge in [-0.2, -0.15) is 0 Å². The normalized spacial score (nSPS) is 8.18. The Morgan fingerprint density at radius 2 is 2.18 bits per heavy atom. The fourth-order valence-corrected chi connectivity index (χ4v) is 0.599. The lowest BCUT2D eigenvalue weighted by Gasteiger charge is -2.00. The van der Waals surface area contributed by atoms with Crippen LogP contribution in [0, 0.1) is 11.8 Å². The van der Waals surface area contributed by atoms with Crippen molar-refractivity contribution >= 4 is 5.91 Å². The summed E-state index contributed by atoms with van der Waals surface area (Å²) in [5.41, 5.74) is 0. The molecule has 0 atom stereocenters. The summed E-state index contributed by atoms with van der Waals surface area (Å²) in [6, 6.07) is 0. The van der Waals surface area contributed by atoms with Crippen molar-refractivity contribution in [1.29, 1.82) is 0 Å². The van der Waals surface area contributed by atoms with Crippen molar-refractivity contribution in [3.8, 4) is 11.8 Å². The number of carbonyl (C=O) groups excluding carboxylic acids is 1. The van der Waals surface area contributed by atoms with Crippen LogP contribution >= 0.6 is 0 Å². The number of rotatable bonds is 4. The van der Waals surface area contributed by atoms with Gasteiger partial charge >= 0.3 is 0 Å². The minimum absolute atomic E-state index is 0.203. The largest absolute Gasteiger partial charge is 0.344 e. The molecule has 62 valence electrons. The highest BCUT2D eigenvalue weighted by Gasteiger charge is 1.90. The molecule has 0 bridgehead atoms. The van der Waals surface area contributed by atoms with Crippen LogP contribution < -0.4 is 10.6 Å². The van der Waals surface area contributed by atoms with Crippen LogP contribution in [-0.4, -0.2) is 25.5 Å². The van der Waals surface area contributed by atoms with Gasteiger partial charge in [-0.25, -0.2) is 0 Å². The van der Waals surface area contributed by atoms with Crippen molar-refractivity contribution in [3.05, 3.63) is 0 Å². The third-order valence-corrected chi connectivity index (χ3v) is 1.08. The molecular weight excluding hydrogens is 140 g/mol. The molecule has 3 heteroatoms. The molecule has 0 unspecified atom stereocenters. The Morgan fingerprint density at radius 1 is 1.45 bits per heavy atom. The molecule has 0 heterocycles. The highest BCUT2D eigenvalue weighted by atomic mass is 16.1. The second kappa shape index (κ2) is 7.10. The maximum atomic E-state index is 10.7. The predicted molar refractivity (Wildman–Crippen MR) is 45.0 cm³/mol. The van der Waals surface area contributed by atoms with E-state index in [1.54, 1.807) is 6.92 Å². The minimum atomic E-state index is -0.203. The highest BCUT2D eigenvalue weighted by Crippen LogP contribution is 1.62. The first-order chi connectivity index (χ1) is 5.31. The van der Waals surface area contributed by atoms with Crippen molar-refractivity contribution in [2.45, 2.75) is 13.8 Å². The highest BCUT2D eigenvalue weighted by molar-refractivity contribution is 5.93. The molecule has 0 fully saturated rings. The topological polar surface area (TPSA) is 41.1 Å². The van der Waals surface area contributed by atoms with E-state index in [1.165, 1.54) is 0 Å². The third kappa shape index (κ3) is 6.88. The maximum absolute atomic E-state index is 10.7. The van der Waals surface area contributed by atoms with Crippen molar-refractivity contribution in [2.75, 3.05) is 19.6 Å². The Morgan fingerprint density at radius 3 is 2.73 bits per heavy atom. The molecular formula is C8H14N2O. The molecule has 0 radical (unpaired) electrons. The van der Waals surface area contributed by atoms with Crippen LogP contribution in [0.3, 0.4) is 0 Å². The number of hydrogen-bond donors (Lipinski definition) is 2. The molecule has 0 aliphatic heterocycles. The quantitative estimate of drug-likeness (QED) is 0.432. The van der Waals surface area contributed by atoms with E-state index in [2.05, 4.69) is 22.5 Å². The van der Waals surface area contributed by atoms with Gasteiger partial charge in [0.05, 0.1) is 0 Å². The molecule has 0 rings (SSSR count). The van der Waals surface area contributed by atoms with E-state index < -0.39 is 0 Å². The minimum Gasteiger partial charge on any atom is -0.344 e. The lowest BCUT2D eigenvalue weighted by molar-refractivity contribution is -0.115. The van der Waals surface area contributed by atoms with Crippen LogP contribution in [0.1, 0.15) is 13.8 Å². The summed E-state index contributed by atoms with van der Waals surface area (Å²) in [5, 5.41) is 5.73. The fraction of sp³-hybridized carbons (Fsp3) is 0.625. The molecule has 0 spiro atoms. The first-order valence-corrected chi connectivity index (χ1v) is 3.72. The predicted octanol–water partition coefficient (Wildman–Crippen LogP) is -0.265. The number of amides is 1. The number of likely N-dealkylation sites (N-methyl/N-ethyl adjacent to an activating group) is 1. The van der Waals surface area contributed by atoms with Crippen LogP contribution in [-0.2, 0) is 4.79 Å². The van der Waals surface area contributed by atoms with Crippen molar-refractivity contribution in [1.82, 2.24) is 10.6 Å². The van der Waals surface area contributed by atoms with Gasteiger partial charge in [0.25, 0.3) is 5.91 Å². The number of nitrogens with one attached hydrogen (secondary N) is 2. The number of hydrogen-bond acceptors (Lipinski definition) is 2. The van der Waals surface area contributed by atoms with E-state index in [0.29, 0.717) is 6.54 Å². The zero-order chi connectivity index (χ0) is 8.53. The molecule has 0 aromatic carbocycles. The zero-order valence-corrected chi connectivity index (χ0v) is 7.03. The van der Waals surface area contributed by atoms with Gasteiger partial charge in [0.1, 0.15) is 0 Å². The van der Waals surface area contributed by atoms with Crippen molar-refractivity contribution in [2.24, 2.45) is 0 Å². The Bertz CT molecular complexity index is 167. The first-order valence-electron chi connectivity index (χ1n) is 3.72. The van der Waals surface area contributed by atoms with E-state index in [-0.39, 0.29) is 5.91 Å². The molecule has 0 aromatic heterocycles. The van der Waals surface area contributed by atoms with E-state index in [1.807, 2.05) is 6.92 Å². The van der Waals surface area contributed by atoms with E-state index in [0.717, 1.165) is 13.1 Å². The monoisotopic (exact) mass is 154 g/mol. The van der Waals surface area contributed by atoms with Gasteiger partial charge in [0.2, 0.25) is 0 Å². The lowest BCUT2D eigenvalue weighted by Crippen LogP contribution is -2.30. The molecule has 3 nitrogen and oxygen atoms in total. The van der Waals surface area contributed by atoms with Gasteiger partial charge < -0.3 is 10.6 Å². The van der Waals surface area contributed by atoms with Gasteiger partial charge in [-0.1, -0.05) is 12.8 Å². The molecule has 0 aliphatic carbocycles. The van der Waals surface area contributed by atoms with Gasteiger partial charge in [-0.15, -0.1) is 0 Å². The third-order valence-electron chi connectivity index (χ3n) is 1.08.